The SMILES string of the molecule is Cc1cccc(C)c1C(=O)NC1C2CNCC21. The lowest BCUT2D eigenvalue weighted by Gasteiger charge is -2.11. The summed E-state index contributed by atoms with van der Waals surface area (Å²) in [6, 6.07) is 6.40. The number of carbonyl (C=O) groups excluding carboxylic acids is 1. The van der Waals surface area contributed by atoms with Gasteiger partial charge in [0, 0.05) is 24.7 Å². The van der Waals surface area contributed by atoms with E-state index in [1.807, 2.05) is 32.0 Å². The molecule has 0 aromatic heterocycles. The molecule has 1 amide bonds. The maximum Gasteiger partial charge on any atom is 0.252 e. The van der Waals surface area contributed by atoms with Crippen molar-refractivity contribution >= 4 is 5.91 Å². The fourth-order valence-electron chi connectivity index (χ4n) is 3.03. The van der Waals surface area contributed by atoms with Crippen LogP contribution in [0, 0.1) is 25.7 Å². The zero-order valence-corrected chi connectivity index (χ0v) is 10.3. The zero-order valence-electron chi connectivity index (χ0n) is 10.3. The molecule has 0 spiro atoms. The average molecular weight is 230 g/mol. The number of amides is 1. The summed E-state index contributed by atoms with van der Waals surface area (Å²) >= 11 is 0. The first kappa shape index (κ1) is 10.8. The van der Waals surface area contributed by atoms with Crippen molar-refractivity contribution in [2.75, 3.05) is 13.1 Å². The summed E-state index contributed by atoms with van der Waals surface area (Å²) in [5, 5.41) is 6.51. The minimum absolute atomic E-state index is 0.0972. The molecule has 2 fully saturated rings. The summed E-state index contributed by atoms with van der Waals surface area (Å²) in [6.45, 7) is 6.11. The molecule has 1 saturated carbocycles. The van der Waals surface area contributed by atoms with E-state index < -0.39 is 0 Å². The molecular formula is C14H18N2O. The molecule has 0 radical (unpaired) electrons. The van der Waals surface area contributed by atoms with Crippen molar-refractivity contribution in [3.63, 3.8) is 0 Å². The van der Waals surface area contributed by atoms with Crippen molar-refractivity contribution < 1.29 is 4.79 Å². The number of hydrogen-bond donors (Lipinski definition) is 2. The van der Waals surface area contributed by atoms with E-state index in [2.05, 4.69) is 10.6 Å². The van der Waals surface area contributed by atoms with E-state index in [4.69, 9.17) is 0 Å². The van der Waals surface area contributed by atoms with Gasteiger partial charge in [-0.05, 0) is 36.8 Å². The van der Waals surface area contributed by atoms with Crippen LogP contribution in [0.5, 0.6) is 0 Å². The van der Waals surface area contributed by atoms with Gasteiger partial charge in [-0.3, -0.25) is 4.79 Å². The summed E-state index contributed by atoms with van der Waals surface area (Å²) in [5.74, 6) is 1.44. The third-order valence-electron chi connectivity index (χ3n) is 4.10. The van der Waals surface area contributed by atoms with E-state index in [0.29, 0.717) is 17.9 Å². The largest absolute Gasteiger partial charge is 0.349 e. The number of benzene rings is 1. The van der Waals surface area contributed by atoms with E-state index in [9.17, 15) is 4.79 Å². The predicted molar refractivity (Wildman–Crippen MR) is 67.0 cm³/mol. The van der Waals surface area contributed by atoms with Gasteiger partial charge in [-0.25, -0.2) is 0 Å². The Morgan fingerprint density at radius 2 is 1.82 bits per heavy atom. The van der Waals surface area contributed by atoms with Crippen molar-refractivity contribution in [3.05, 3.63) is 34.9 Å². The lowest BCUT2D eigenvalue weighted by molar-refractivity contribution is 0.0945. The molecule has 90 valence electrons. The minimum Gasteiger partial charge on any atom is -0.349 e. The first-order chi connectivity index (χ1) is 8.18. The number of aryl methyl sites for hydroxylation is 2. The van der Waals surface area contributed by atoms with Crippen molar-refractivity contribution in [1.82, 2.24) is 10.6 Å². The number of carbonyl (C=O) groups is 1. The molecule has 1 heterocycles. The molecule has 1 aliphatic heterocycles. The molecule has 2 atom stereocenters. The first-order valence-corrected chi connectivity index (χ1v) is 6.26. The van der Waals surface area contributed by atoms with Crippen LogP contribution in [0.25, 0.3) is 0 Å². The molecular weight excluding hydrogens is 212 g/mol. The van der Waals surface area contributed by atoms with Gasteiger partial charge in [0.2, 0.25) is 0 Å². The van der Waals surface area contributed by atoms with E-state index in [-0.39, 0.29) is 5.91 Å². The maximum absolute atomic E-state index is 12.2. The summed E-state index contributed by atoms with van der Waals surface area (Å²) in [7, 11) is 0. The lowest BCUT2D eigenvalue weighted by atomic mass is 10.0. The fourth-order valence-corrected chi connectivity index (χ4v) is 3.03. The minimum atomic E-state index is 0.0972. The third-order valence-corrected chi connectivity index (χ3v) is 4.10. The Morgan fingerprint density at radius 1 is 1.24 bits per heavy atom. The maximum atomic E-state index is 12.2. The summed E-state index contributed by atoms with van der Waals surface area (Å²) in [4.78, 5) is 12.2. The Bertz CT molecular complexity index is 439. The standard InChI is InChI=1S/C14H18N2O/c1-8-4-3-5-9(2)12(8)14(17)16-13-10-6-15-7-11(10)13/h3-5,10-11,13,15H,6-7H2,1-2H3,(H,16,17). The van der Waals surface area contributed by atoms with Gasteiger partial charge in [0.1, 0.15) is 0 Å². The number of hydrogen-bond acceptors (Lipinski definition) is 2. The highest BCUT2D eigenvalue weighted by Gasteiger charge is 2.53. The van der Waals surface area contributed by atoms with E-state index in [1.54, 1.807) is 0 Å². The zero-order chi connectivity index (χ0) is 12.0. The summed E-state index contributed by atoms with van der Waals surface area (Å²) in [6.07, 6.45) is 0. The van der Waals surface area contributed by atoms with Crippen molar-refractivity contribution in [3.8, 4) is 0 Å². The van der Waals surface area contributed by atoms with Crippen LogP contribution in [0.3, 0.4) is 0 Å². The Kier molecular flexibility index (Phi) is 2.44. The topological polar surface area (TPSA) is 41.1 Å². The highest BCUT2D eigenvalue weighted by Crippen LogP contribution is 2.41. The monoisotopic (exact) mass is 230 g/mol. The lowest BCUT2D eigenvalue weighted by Crippen LogP contribution is -2.33. The number of nitrogens with one attached hydrogen (secondary N) is 2. The molecule has 1 aliphatic carbocycles. The van der Waals surface area contributed by atoms with Crippen LogP contribution in [0.1, 0.15) is 21.5 Å². The summed E-state index contributed by atoms with van der Waals surface area (Å²) in [5.41, 5.74) is 2.98. The van der Waals surface area contributed by atoms with E-state index in [0.717, 1.165) is 29.8 Å². The number of rotatable bonds is 2. The van der Waals surface area contributed by atoms with Gasteiger partial charge in [0.25, 0.3) is 5.91 Å². The Labute approximate surface area is 102 Å². The van der Waals surface area contributed by atoms with Crippen LogP contribution in [0.2, 0.25) is 0 Å². The fraction of sp³-hybridized carbons (Fsp3) is 0.500. The highest BCUT2D eigenvalue weighted by atomic mass is 16.1. The molecule has 3 rings (SSSR count). The molecule has 3 nitrogen and oxygen atoms in total. The van der Waals surface area contributed by atoms with Gasteiger partial charge < -0.3 is 10.6 Å². The molecule has 3 heteroatoms. The van der Waals surface area contributed by atoms with E-state index in [1.165, 1.54) is 0 Å². The normalized spacial score (nSPS) is 29.9. The molecule has 17 heavy (non-hydrogen) atoms. The molecule has 2 N–H and O–H groups in total. The molecule has 1 aromatic rings. The number of piperidine rings is 1. The van der Waals surface area contributed by atoms with Gasteiger partial charge >= 0.3 is 0 Å². The van der Waals surface area contributed by atoms with Crippen LogP contribution in [0.15, 0.2) is 18.2 Å². The van der Waals surface area contributed by atoms with Crippen LogP contribution in [-0.4, -0.2) is 25.0 Å². The second-order valence-electron chi connectivity index (χ2n) is 5.25. The first-order valence-electron chi connectivity index (χ1n) is 6.26. The Balaban J connectivity index is 1.74. The van der Waals surface area contributed by atoms with Gasteiger partial charge in [-0.15, -0.1) is 0 Å². The molecule has 2 aliphatic rings. The highest BCUT2D eigenvalue weighted by molar-refractivity contribution is 5.97. The van der Waals surface area contributed by atoms with Crippen LogP contribution < -0.4 is 10.6 Å². The summed E-state index contributed by atoms with van der Waals surface area (Å²) < 4.78 is 0. The Hall–Kier alpha value is -1.35. The second-order valence-corrected chi connectivity index (χ2v) is 5.25. The Morgan fingerprint density at radius 3 is 2.41 bits per heavy atom. The molecule has 0 bridgehead atoms. The average Bonchev–Trinajstić information content (AvgIpc) is 2.74. The van der Waals surface area contributed by atoms with Crippen molar-refractivity contribution in [2.45, 2.75) is 19.9 Å². The van der Waals surface area contributed by atoms with Gasteiger partial charge in [0.05, 0.1) is 0 Å². The van der Waals surface area contributed by atoms with Crippen molar-refractivity contribution in [2.24, 2.45) is 11.8 Å². The van der Waals surface area contributed by atoms with Crippen molar-refractivity contribution in [1.29, 1.82) is 0 Å². The molecule has 2 unspecified atom stereocenters. The molecule has 1 saturated heterocycles. The smallest absolute Gasteiger partial charge is 0.252 e. The second kappa shape index (κ2) is 3.84. The van der Waals surface area contributed by atoms with Crippen LogP contribution in [-0.2, 0) is 0 Å². The van der Waals surface area contributed by atoms with Crippen LogP contribution in [0.4, 0.5) is 0 Å². The van der Waals surface area contributed by atoms with E-state index >= 15 is 0 Å². The number of fused-ring (bicyclic) bond motifs is 1. The van der Waals surface area contributed by atoms with Gasteiger partial charge in [0.15, 0.2) is 0 Å². The predicted octanol–water partition coefficient (Wildman–Crippen LogP) is 1.25. The molecule has 1 aromatic carbocycles. The quantitative estimate of drug-likeness (QED) is 0.803. The van der Waals surface area contributed by atoms with Gasteiger partial charge in [-0.1, -0.05) is 18.2 Å². The van der Waals surface area contributed by atoms with Crippen LogP contribution >= 0.6 is 0 Å². The third kappa shape index (κ3) is 1.75. The van der Waals surface area contributed by atoms with Gasteiger partial charge in [-0.2, -0.15) is 0 Å².